The SMILES string of the molecule is C=CCn1c(SCC(=O)Nc2cccc([N+](=O)[O-])c2C)nc2sc3c(c2c1=O)CCCC3. The van der Waals surface area contributed by atoms with Crippen LogP contribution in [0.3, 0.4) is 0 Å². The van der Waals surface area contributed by atoms with Crippen LogP contribution in [0.5, 0.6) is 0 Å². The fourth-order valence-corrected chi connectivity index (χ4v) is 6.00. The number of hydrogen-bond acceptors (Lipinski definition) is 7. The number of hydrogen-bond donors (Lipinski definition) is 1. The molecule has 0 aliphatic heterocycles. The van der Waals surface area contributed by atoms with E-state index in [9.17, 15) is 19.7 Å². The molecule has 1 aromatic carbocycles. The number of benzene rings is 1. The molecule has 0 unspecified atom stereocenters. The highest BCUT2D eigenvalue weighted by Crippen LogP contribution is 2.34. The number of carbonyl (C=O) groups excluding carboxylic acids is 1. The number of nitrogens with zero attached hydrogens (tertiary/aromatic N) is 3. The number of thiophene rings is 1. The first kappa shape index (κ1) is 22.2. The number of nitro benzene ring substituents is 1. The third-order valence-electron chi connectivity index (χ3n) is 5.46. The van der Waals surface area contributed by atoms with E-state index < -0.39 is 4.92 Å². The van der Waals surface area contributed by atoms with E-state index in [1.807, 2.05) is 0 Å². The minimum Gasteiger partial charge on any atom is -0.325 e. The Kier molecular flexibility index (Phi) is 6.43. The first-order valence-electron chi connectivity index (χ1n) is 10.2. The Morgan fingerprint density at radius 2 is 2.19 bits per heavy atom. The van der Waals surface area contributed by atoms with E-state index in [4.69, 9.17) is 4.98 Å². The molecular formula is C22H22N4O4S2. The highest BCUT2D eigenvalue weighted by molar-refractivity contribution is 7.99. The zero-order chi connectivity index (χ0) is 22.8. The molecule has 8 nitrogen and oxygen atoms in total. The van der Waals surface area contributed by atoms with Crippen molar-refractivity contribution in [1.82, 2.24) is 9.55 Å². The topological polar surface area (TPSA) is 107 Å². The van der Waals surface area contributed by atoms with Gasteiger partial charge in [-0.25, -0.2) is 4.98 Å². The van der Waals surface area contributed by atoms with Gasteiger partial charge in [0.05, 0.1) is 27.3 Å². The van der Waals surface area contributed by atoms with Crippen LogP contribution in [-0.4, -0.2) is 26.1 Å². The maximum absolute atomic E-state index is 13.3. The van der Waals surface area contributed by atoms with Gasteiger partial charge in [0.2, 0.25) is 5.91 Å². The van der Waals surface area contributed by atoms with Gasteiger partial charge in [-0.15, -0.1) is 17.9 Å². The average molecular weight is 471 g/mol. The van der Waals surface area contributed by atoms with E-state index >= 15 is 0 Å². The van der Waals surface area contributed by atoms with Crippen LogP contribution in [0.2, 0.25) is 0 Å². The third-order valence-corrected chi connectivity index (χ3v) is 7.62. The van der Waals surface area contributed by atoms with E-state index in [0.29, 0.717) is 28.3 Å². The number of aromatic nitrogens is 2. The summed E-state index contributed by atoms with van der Waals surface area (Å²) >= 11 is 2.74. The highest BCUT2D eigenvalue weighted by Gasteiger charge is 2.22. The molecule has 3 aromatic rings. The molecule has 32 heavy (non-hydrogen) atoms. The Balaban J connectivity index is 1.59. The minimum atomic E-state index is -0.479. The van der Waals surface area contributed by atoms with Crippen molar-refractivity contribution in [3.05, 3.63) is 67.3 Å². The van der Waals surface area contributed by atoms with Crippen molar-refractivity contribution in [2.24, 2.45) is 0 Å². The maximum atomic E-state index is 13.3. The first-order valence-corrected chi connectivity index (χ1v) is 12.0. The quantitative estimate of drug-likeness (QED) is 0.179. The Labute approximate surface area is 192 Å². The minimum absolute atomic E-state index is 0.0162. The van der Waals surface area contributed by atoms with Crippen molar-refractivity contribution < 1.29 is 9.72 Å². The zero-order valence-electron chi connectivity index (χ0n) is 17.6. The molecule has 1 N–H and O–H groups in total. The number of anilines is 1. The summed E-state index contributed by atoms with van der Waals surface area (Å²) in [5, 5.41) is 15.0. The predicted octanol–water partition coefficient (Wildman–Crippen LogP) is 4.47. The fourth-order valence-electron chi connectivity index (χ4n) is 3.89. The van der Waals surface area contributed by atoms with Gasteiger partial charge in [-0.05, 0) is 44.2 Å². The molecule has 0 fully saturated rings. The van der Waals surface area contributed by atoms with Gasteiger partial charge in [-0.1, -0.05) is 23.9 Å². The van der Waals surface area contributed by atoms with Crippen molar-refractivity contribution in [3.63, 3.8) is 0 Å². The van der Waals surface area contributed by atoms with Gasteiger partial charge in [0.1, 0.15) is 4.83 Å². The maximum Gasteiger partial charge on any atom is 0.274 e. The average Bonchev–Trinajstić information content (AvgIpc) is 3.14. The molecule has 2 heterocycles. The van der Waals surface area contributed by atoms with Crippen LogP contribution in [0.4, 0.5) is 11.4 Å². The number of aryl methyl sites for hydroxylation is 2. The van der Waals surface area contributed by atoms with Crippen molar-refractivity contribution in [2.45, 2.75) is 44.3 Å². The molecule has 1 aliphatic carbocycles. The molecule has 1 aliphatic rings. The van der Waals surface area contributed by atoms with Gasteiger partial charge in [0.25, 0.3) is 11.2 Å². The van der Waals surface area contributed by atoms with Gasteiger partial charge in [0.15, 0.2) is 5.16 Å². The summed E-state index contributed by atoms with van der Waals surface area (Å²) < 4.78 is 1.56. The Bertz CT molecular complexity index is 1300. The number of nitro groups is 1. The molecular weight excluding hydrogens is 448 g/mol. The van der Waals surface area contributed by atoms with Gasteiger partial charge in [0, 0.05) is 17.5 Å². The molecule has 2 aromatic heterocycles. The first-order chi connectivity index (χ1) is 15.4. The van der Waals surface area contributed by atoms with Gasteiger partial charge < -0.3 is 5.32 Å². The molecule has 10 heteroatoms. The molecule has 0 bridgehead atoms. The number of fused-ring (bicyclic) bond motifs is 3. The molecule has 0 atom stereocenters. The lowest BCUT2D eigenvalue weighted by Gasteiger charge is -2.12. The van der Waals surface area contributed by atoms with Crippen LogP contribution in [-0.2, 0) is 24.2 Å². The van der Waals surface area contributed by atoms with E-state index in [1.165, 1.54) is 28.8 Å². The molecule has 166 valence electrons. The van der Waals surface area contributed by atoms with Gasteiger partial charge in [-0.3, -0.25) is 24.3 Å². The van der Waals surface area contributed by atoms with Crippen LogP contribution in [0.1, 0.15) is 28.8 Å². The standard InChI is InChI=1S/C22H22N4O4S2/c1-3-11-25-21(28)19-14-7-4-5-10-17(14)32-20(19)24-22(25)31-12-18(27)23-15-8-6-9-16(13(15)2)26(29)30/h3,6,8-9H,1,4-5,7,10-12H2,2H3,(H,23,27). The lowest BCUT2D eigenvalue weighted by molar-refractivity contribution is -0.385. The highest BCUT2D eigenvalue weighted by atomic mass is 32.2. The Hall–Kier alpha value is -2.98. The van der Waals surface area contributed by atoms with Gasteiger partial charge >= 0.3 is 0 Å². The summed E-state index contributed by atoms with van der Waals surface area (Å²) in [5.74, 6) is -0.314. The molecule has 1 amide bonds. The summed E-state index contributed by atoms with van der Waals surface area (Å²) in [7, 11) is 0. The van der Waals surface area contributed by atoms with Crippen molar-refractivity contribution >= 4 is 50.6 Å². The number of thioether (sulfide) groups is 1. The molecule has 0 radical (unpaired) electrons. The number of allylic oxidation sites excluding steroid dienone is 1. The van der Waals surface area contributed by atoms with Crippen molar-refractivity contribution in [2.75, 3.05) is 11.1 Å². The normalized spacial score (nSPS) is 13.0. The lowest BCUT2D eigenvalue weighted by atomic mass is 9.97. The molecule has 0 saturated carbocycles. The largest absolute Gasteiger partial charge is 0.325 e. The van der Waals surface area contributed by atoms with Crippen LogP contribution < -0.4 is 10.9 Å². The van der Waals surface area contributed by atoms with Crippen LogP contribution in [0.25, 0.3) is 10.2 Å². The monoisotopic (exact) mass is 470 g/mol. The fraction of sp³-hybridized carbons (Fsp3) is 0.318. The smallest absolute Gasteiger partial charge is 0.274 e. The summed E-state index contributed by atoms with van der Waals surface area (Å²) in [6.45, 7) is 5.65. The summed E-state index contributed by atoms with van der Waals surface area (Å²) in [6.07, 6.45) is 5.72. The Morgan fingerprint density at radius 3 is 2.94 bits per heavy atom. The summed E-state index contributed by atoms with van der Waals surface area (Å²) in [5.41, 5.74) is 1.77. The predicted molar refractivity (Wildman–Crippen MR) is 128 cm³/mol. The van der Waals surface area contributed by atoms with Gasteiger partial charge in [-0.2, -0.15) is 0 Å². The number of amides is 1. The molecule has 4 rings (SSSR count). The second kappa shape index (κ2) is 9.25. The summed E-state index contributed by atoms with van der Waals surface area (Å²) in [4.78, 5) is 43.1. The van der Waals surface area contributed by atoms with Crippen LogP contribution in [0, 0.1) is 17.0 Å². The molecule has 0 spiro atoms. The third kappa shape index (κ3) is 4.20. The Morgan fingerprint density at radius 1 is 1.41 bits per heavy atom. The lowest BCUT2D eigenvalue weighted by Crippen LogP contribution is -2.24. The van der Waals surface area contributed by atoms with E-state index in [1.54, 1.807) is 35.0 Å². The van der Waals surface area contributed by atoms with E-state index in [-0.39, 0.29) is 22.9 Å². The number of nitrogens with one attached hydrogen (secondary N) is 1. The number of rotatable bonds is 7. The number of carbonyl (C=O) groups is 1. The van der Waals surface area contributed by atoms with E-state index in [2.05, 4.69) is 11.9 Å². The second-order valence-corrected chi connectivity index (χ2v) is 9.56. The van der Waals surface area contributed by atoms with E-state index in [0.717, 1.165) is 36.1 Å². The van der Waals surface area contributed by atoms with Crippen LogP contribution in [0.15, 0.2) is 40.8 Å². The van der Waals surface area contributed by atoms with Crippen LogP contribution >= 0.6 is 23.1 Å². The van der Waals surface area contributed by atoms with Crippen molar-refractivity contribution in [3.8, 4) is 0 Å². The summed E-state index contributed by atoms with van der Waals surface area (Å²) in [6, 6.07) is 4.55. The zero-order valence-corrected chi connectivity index (χ0v) is 19.2. The molecule has 0 saturated heterocycles. The second-order valence-electron chi connectivity index (χ2n) is 7.53. The van der Waals surface area contributed by atoms with Crippen molar-refractivity contribution in [1.29, 1.82) is 0 Å².